The lowest BCUT2D eigenvalue weighted by Gasteiger charge is -2.14. The number of nitrogens with zero attached hydrogens (tertiary/aromatic N) is 1. The van der Waals surface area contributed by atoms with Crippen LogP contribution in [0.4, 0.5) is 0 Å². The van der Waals surface area contributed by atoms with E-state index in [1.54, 1.807) is 24.5 Å². The minimum atomic E-state index is -3.34. The van der Waals surface area contributed by atoms with Crippen LogP contribution in [-0.2, 0) is 16.6 Å². The van der Waals surface area contributed by atoms with Crippen LogP contribution >= 0.6 is 22.7 Å². The molecule has 0 saturated heterocycles. The third-order valence-corrected chi connectivity index (χ3v) is 6.47. The Labute approximate surface area is 109 Å². The summed E-state index contributed by atoms with van der Waals surface area (Å²) < 4.78 is 26.2. The molecule has 2 aromatic heterocycles. The molecule has 92 valence electrons. The van der Waals surface area contributed by atoms with Crippen molar-refractivity contribution in [3.63, 3.8) is 0 Å². The number of rotatable bonds is 4. The summed E-state index contributed by atoms with van der Waals surface area (Å²) in [7, 11) is -1.72. The fourth-order valence-corrected chi connectivity index (χ4v) is 4.89. The zero-order valence-corrected chi connectivity index (χ0v) is 12.0. The molecular weight excluding hydrogens is 274 g/mol. The predicted molar refractivity (Wildman–Crippen MR) is 72.0 cm³/mol. The molecule has 2 rings (SSSR count). The quantitative estimate of drug-likeness (QED) is 0.867. The van der Waals surface area contributed by atoms with Crippen molar-refractivity contribution in [1.29, 1.82) is 0 Å². The van der Waals surface area contributed by atoms with Crippen LogP contribution in [-0.4, -0.2) is 19.8 Å². The molecule has 0 aliphatic rings. The van der Waals surface area contributed by atoms with Gasteiger partial charge >= 0.3 is 0 Å². The van der Waals surface area contributed by atoms with Gasteiger partial charge in [-0.1, -0.05) is 6.07 Å². The van der Waals surface area contributed by atoms with E-state index in [4.69, 9.17) is 0 Å². The molecule has 0 bridgehead atoms. The van der Waals surface area contributed by atoms with Gasteiger partial charge in [-0.25, -0.2) is 8.42 Å². The molecule has 0 fully saturated rings. The van der Waals surface area contributed by atoms with Crippen molar-refractivity contribution in [3.05, 3.63) is 39.4 Å². The molecule has 0 spiro atoms. The van der Waals surface area contributed by atoms with Gasteiger partial charge < -0.3 is 0 Å². The second kappa shape index (κ2) is 4.89. The molecule has 0 N–H and O–H groups in total. The van der Waals surface area contributed by atoms with Gasteiger partial charge in [-0.2, -0.15) is 4.31 Å². The van der Waals surface area contributed by atoms with Gasteiger partial charge in [0.15, 0.2) is 0 Å². The molecule has 0 aliphatic carbocycles. The van der Waals surface area contributed by atoms with Crippen molar-refractivity contribution >= 4 is 32.7 Å². The molecule has 0 aliphatic heterocycles. The summed E-state index contributed by atoms with van der Waals surface area (Å²) in [4.78, 5) is 2.05. The van der Waals surface area contributed by atoms with Gasteiger partial charge in [-0.15, -0.1) is 22.7 Å². The van der Waals surface area contributed by atoms with Crippen molar-refractivity contribution in [3.8, 4) is 0 Å². The van der Waals surface area contributed by atoms with Gasteiger partial charge in [0, 0.05) is 23.3 Å². The van der Waals surface area contributed by atoms with Crippen molar-refractivity contribution in [2.24, 2.45) is 0 Å². The van der Waals surface area contributed by atoms with Crippen molar-refractivity contribution in [2.75, 3.05) is 7.05 Å². The summed E-state index contributed by atoms with van der Waals surface area (Å²) in [5, 5.41) is 1.95. The van der Waals surface area contributed by atoms with Crippen LogP contribution < -0.4 is 0 Å². The monoisotopic (exact) mass is 287 g/mol. The summed E-state index contributed by atoms with van der Waals surface area (Å²) in [6, 6.07) is 7.36. The first kappa shape index (κ1) is 12.8. The summed E-state index contributed by atoms with van der Waals surface area (Å²) in [6.07, 6.45) is 0. The van der Waals surface area contributed by atoms with E-state index in [2.05, 4.69) is 0 Å². The van der Waals surface area contributed by atoms with E-state index >= 15 is 0 Å². The lowest BCUT2D eigenvalue weighted by atomic mass is 10.5. The summed E-state index contributed by atoms with van der Waals surface area (Å²) in [5.74, 6) is 0. The minimum Gasteiger partial charge on any atom is -0.206 e. The predicted octanol–water partition coefficient (Wildman–Crippen LogP) is 2.94. The molecule has 2 aromatic rings. The number of sulfonamides is 1. The average Bonchev–Trinajstić information content (AvgIpc) is 2.89. The van der Waals surface area contributed by atoms with E-state index in [0.717, 1.165) is 9.75 Å². The van der Waals surface area contributed by atoms with Crippen LogP contribution in [0, 0.1) is 6.92 Å². The lowest BCUT2D eigenvalue weighted by Crippen LogP contribution is -2.25. The van der Waals surface area contributed by atoms with E-state index < -0.39 is 10.0 Å². The van der Waals surface area contributed by atoms with Crippen LogP contribution in [0.3, 0.4) is 0 Å². The van der Waals surface area contributed by atoms with Gasteiger partial charge in [0.25, 0.3) is 10.0 Å². The summed E-state index contributed by atoms with van der Waals surface area (Å²) >= 11 is 2.87. The molecule has 0 radical (unpaired) electrons. The van der Waals surface area contributed by atoms with Crippen LogP contribution in [0.5, 0.6) is 0 Å². The highest BCUT2D eigenvalue weighted by Gasteiger charge is 2.22. The van der Waals surface area contributed by atoms with Gasteiger partial charge in [0.2, 0.25) is 0 Å². The molecule has 2 heterocycles. The Kier molecular flexibility index (Phi) is 3.67. The third-order valence-electron chi connectivity index (χ3n) is 2.34. The van der Waals surface area contributed by atoms with Gasteiger partial charge in [0.1, 0.15) is 4.21 Å². The number of aryl methyl sites for hydroxylation is 1. The number of hydrogen-bond acceptors (Lipinski definition) is 4. The molecule has 0 unspecified atom stereocenters. The molecule has 0 saturated carbocycles. The Morgan fingerprint density at radius 1 is 1.29 bits per heavy atom. The van der Waals surface area contributed by atoms with Crippen molar-refractivity contribution in [1.82, 2.24) is 4.31 Å². The highest BCUT2D eigenvalue weighted by molar-refractivity contribution is 7.91. The number of hydrogen-bond donors (Lipinski definition) is 0. The summed E-state index contributed by atoms with van der Waals surface area (Å²) in [6.45, 7) is 2.33. The van der Waals surface area contributed by atoms with E-state index in [1.807, 2.05) is 30.5 Å². The Morgan fingerprint density at radius 3 is 2.59 bits per heavy atom. The maximum absolute atomic E-state index is 12.2. The van der Waals surface area contributed by atoms with Crippen LogP contribution in [0.1, 0.15) is 9.75 Å². The highest BCUT2D eigenvalue weighted by Crippen LogP contribution is 2.25. The molecule has 3 nitrogen and oxygen atoms in total. The smallest absolute Gasteiger partial charge is 0.206 e. The Bertz CT molecular complexity index is 584. The Balaban J connectivity index is 2.21. The topological polar surface area (TPSA) is 37.4 Å². The minimum absolute atomic E-state index is 0.411. The molecule has 0 aromatic carbocycles. The molecule has 0 amide bonds. The van der Waals surface area contributed by atoms with Gasteiger partial charge in [0.05, 0.1) is 0 Å². The first-order valence-electron chi connectivity index (χ1n) is 5.05. The highest BCUT2D eigenvalue weighted by atomic mass is 32.2. The molecule has 17 heavy (non-hydrogen) atoms. The standard InChI is InChI=1S/C11H13NO2S3/c1-9-5-6-11(16-9)17(13,14)12(2)8-10-4-3-7-15-10/h3-7H,8H2,1-2H3. The van der Waals surface area contributed by atoms with E-state index in [9.17, 15) is 8.42 Å². The second-order valence-electron chi connectivity index (χ2n) is 3.71. The fourth-order valence-electron chi connectivity index (χ4n) is 1.41. The second-order valence-corrected chi connectivity index (χ2v) is 8.30. The normalized spacial score (nSPS) is 12.2. The first-order chi connectivity index (χ1) is 8.00. The zero-order valence-electron chi connectivity index (χ0n) is 9.58. The SMILES string of the molecule is Cc1ccc(S(=O)(=O)N(C)Cc2cccs2)s1. The fraction of sp³-hybridized carbons (Fsp3) is 0.273. The zero-order chi connectivity index (χ0) is 12.5. The molecule has 0 atom stereocenters. The van der Waals surface area contributed by atoms with Gasteiger partial charge in [-0.3, -0.25) is 0 Å². The van der Waals surface area contributed by atoms with Crippen LogP contribution in [0.2, 0.25) is 0 Å². The Hall–Kier alpha value is -0.690. The largest absolute Gasteiger partial charge is 0.252 e. The van der Waals surface area contributed by atoms with E-state index in [-0.39, 0.29) is 0 Å². The van der Waals surface area contributed by atoms with E-state index in [1.165, 1.54) is 15.6 Å². The lowest BCUT2D eigenvalue weighted by molar-refractivity contribution is 0.471. The van der Waals surface area contributed by atoms with Crippen LogP contribution in [0.15, 0.2) is 33.9 Å². The molecule has 6 heteroatoms. The maximum atomic E-state index is 12.2. The average molecular weight is 287 g/mol. The van der Waals surface area contributed by atoms with Crippen LogP contribution in [0.25, 0.3) is 0 Å². The maximum Gasteiger partial charge on any atom is 0.252 e. The summed E-state index contributed by atoms with van der Waals surface area (Å²) in [5.41, 5.74) is 0. The van der Waals surface area contributed by atoms with Gasteiger partial charge in [-0.05, 0) is 30.5 Å². The Morgan fingerprint density at radius 2 is 2.06 bits per heavy atom. The third kappa shape index (κ3) is 2.77. The van der Waals surface area contributed by atoms with E-state index in [0.29, 0.717) is 10.8 Å². The first-order valence-corrected chi connectivity index (χ1v) is 8.19. The number of thiophene rings is 2. The molecular formula is C11H13NO2S3. The van der Waals surface area contributed by atoms with Crippen molar-refractivity contribution in [2.45, 2.75) is 17.7 Å². The van der Waals surface area contributed by atoms with Crippen molar-refractivity contribution < 1.29 is 8.42 Å².